The van der Waals surface area contributed by atoms with Crippen LogP contribution in [0.2, 0.25) is 0 Å². The van der Waals surface area contributed by atoms with Gasteiger partial charge in [-0.2, -0.15) is 0 Å². The number of aliphatic hydroxyl groups is 1. The minimum absolute atomic E-state index is 0.0135. The summed E-state index contributed by atoms with van der Waals surface area (Å²) in [6.07, 6.45) is 11.5. The van der Waals surface area contributed by atoms with E-state index in [1.165, 1.54) is 24.8 Å². The van der Waals surface area contributed by atoms with Crippen LogP contribution < -0.4 is 0 Å². The van der Waals surface area contributed by atoms with Gasteiger partial charge in [0, 0.05) is 43.4 Å². The van der Waals surface area contributed by atoms with Gasteiger partial charge in [0.15, 0.2) is 5.78 Å². The third-order valence-corrected chi connectivity index (χ3v) is 17.5. The predicted octanol–water partition coefficient (Wildman–Crippen LogP) is 8.40. The fourth-order valence-electron chi connectivity index (χ4n) is 14.0. The van der Waals surface area contributed by atoms with Crippen molar-refractivity contribution in [3.05, 3.63) is 11.1 Å². The Hall–Kier alpha value is -1.77. The van der Waals surface area contributed by atoms with Crippen LogP contribution in [0.3, 0.4) is 0 Å². The first-order chi connectivity index (χ1) is 25.0. The van der Waals surface area contributed by atoms with Crippen molar-refractivity contribution < 1.29 is 29.3 Å². The molecule has 6 aliphatic carbocycles. The van der Waals surface area contributed by atoms with Gasteiger partial charge in [-0.1, -0.05) is 60.5 Å². The van der Waals surface area contributed by atoms with Crippen LogP contribution in [-0.2, 0) is 19.1 Å². The minimum atomic E-state index is -1.16. The first-order valence-corrected chi connectivity index (χ1v) is 21.8. The van der Waals surface area contributed by atoms with Crippen LogP contribution >= 0.6 is 0 Å². The second-order valence-corrected chi connectivity index (χ2v) is 21.9. The maximum absolute atomic E-state index is 14.2. The maximum Gasteiger partial charge on any atom is 0.309 e. The zero-order valence-corrected chi connectivity index (χ0v) is 36.0. The second-order valence-electron chi connectivity index (χ2n) is 21.9. The molecule has 8 nitrogen and oxygen atoms in total. The molecule has 8 heteroatoms. The summed E-state index contributed by atoms with van der Waals surface area (Å²) in [6.45, 7) is 23.5. The van der Waals surface area contributed by atoms with Crippen LogP contribution in [0.5, 0.6) is 0 Å². The SMILES string of the molecule is CC(C)C1=C2[C@H]3CC[C@@H]4[C@@]5(C)CC[C@H](OC(=O)CC(C)(C)C(=O)O)C(C)(C)[C@@H]5CC[C@@]4(C)[C@]3(C)CC[C@@]2([C@@H](O)CN(CCN(C)C)CC2CCC2)CC1=O. The summed E-state index contributed by atoms with van der Waals surface area (Å²) in [5.74, 6) is 0.937. The smallest absolute Gasteiger partial charge is 0.309 e. The van der Waals surface area contributed by atoms with E-state index in [0.29, 0.717) is 24.8 Å². The van der Waals surface area contributed by atoms with Gasteiger partial charge in [-0.15, -0.1) is 0 Å². The highest BCUT2D eigenvalue weighted by Crippen LogP contribution is 2.77. The lowest BCUT2D eigenvalue weighted by molar-refractivity contribution is -0.235. The summed E-state index contributed by atoms with van der Waals surface area (Å²) in [6, 6.07) is 0. The zero-order chi connectivity index (χ0) is 39.8. The van der Waals surface area contributed by atoms with E-state index >= 15 is 0 Å². The van der Waals surface area contributed by atoms with Crippen molar-refractivity contribution in [3.8, 4) is 0 Å². The van der Waals surface area contributed by atoms with Gasteiger partial charge in [0.1, 0.15) is 6.10 Å². The fourth-order valence-corrected chi connectivity index (χ4v) is 14.0. The number of carboxylic acids is 1. The number of carbonyl (C=O) groups excluding carboxylic acids is 2. The van der Waals surface area contributed by atoms with E-state index in [9.17, 15) is 24.6 Å². The molecule has 0 unspecified atom stereocenters. The number of nitrogens with zero attached hydrogens (tertiary/aromatic N) is 2. The van der Waals surface area contributed by atoms with Crippen molar-refractivity contribution in [2.75, 3.05) is 40.3 Å². The minimum Gasteiger partial charge on any atom is -0.481 e. The first kappa shape index (κ1) is 41.9. The Balaban J connectivity index is 1.28. The molecular formula is C46H76N2O6. The van der Waals surface area contributed by atoms with E-state index in [4.69, 9.17) is 4.74 Å². The lowest BCUT2D eigenvalue weighted by Gasteiger charge is -2.72. The predicted molar refractivity (Wildman–Crippen MR) is 214 cm³/mol. The topological polar surface area (TPSA) is 107 Å². The molecule has 0 aromatic heterocycles. The van der Waals surface area contributed by atoms with Crippen molar-refractivity contribution in [1.29, 1.82) is 0 Å². The average molecular weight is 753 g/mol. The number of hydrogen-bond donors (Lipinski definition) is 2. The highest BCUT2D eigenvalue weighted by Gasteiger charge is 2.71. The standard InChI is InChI=1S/C46H76N2O6/c1-29(2)38-32(49)25-46(35(50)28-48(24-23-47(10)11)27-30-13-12-14-30)22-21-44(8)31(39(38)46)15-16-34-43(7)19-18-36(54-37(51)26-41(3,4)40(52)53)42(5,6)33(43)17-20-45(34,44)9/h29-31,33-36,50H,12-28H2,1-11H3,(H,52,53)/t31-,33+,34-,35+,36+,43+,44-,45-,46+/m1/s1. The third kappa shape index (κ3) is 6.76. The van der Waals surface area contributed by atoms with Gasteiger partial charge >= 0.3 is 11.9 Å². The molecule has 9 atom stereocenters. The van der Waals surface area contributed by atoms with E-state index in [1.807, 2.05) is 0 Å². The molecule has 2 N–H and O–H groups in total. The Bertz CT molecular complexity index is 1500. The Kier molecular flexibility index (Phi) is 11.3. The van der Waals surface area contributed by atoms with Crippen LogP contribution in [0.1, 0.15) is 146 Å². The van der Waals surface area contributed by atoms with Crippen LogP contribution in [0.25, 0.3) is 0 Å². The summed E-state index contributed by atoms with van der Waals surface area (Å²) >= 11 is 0. The number of esters is 1. The van der Waals surface area contributed by atoms with Crippen LogP contribution in [0, 0.1) is 62.1 Å². The molecule has 0 spiro atoms. The highest BCUT2D eigenvalue weighted by molar-refractivity contribution is 6.00. The molecule has 6 aliphatic rings. The van der Waals surface area contributed by atoms with E-state index in [-0.39, 0.29) is 51.8 Å². The normalized spacial score (nSPS) is 38.5. The van der Waals surface area contributed by atoms with Crippen LogP contribution in [0.15, 0.2) is 11.1 Å². The van der Waals surface area contributed by atoms with Crippen molar-refractivity contribution in [2.45, 2.75) is 158 Å². The van der Waals surface area contributed by atoms with Crippen molar-refractivity contribution >= 4 is 17.7 Å². The van der Waals surface area contributed by atoms with Gasteiger partial charge in [-0.3, -0.25) is 19.3 Å². The number of likely N-dealkylation sites (N-methyl/N-ethyl adjacent to an activating group) is 1. The monoisotopic (exact) mass is 753 g/mol. The Labute approximate surface area is 327 Å². The number of allylic oxidation sites excluding steroid dienone is 1. The molecule has 0 radical (unpaired) electrons. The second kappa shape index (κ2) is 14.6. The number of hydrogen-bond acceptors (Lipinski definition) is 7. The third-order valence-electron chi connectivity index (χ3n) is 17.5. The summed E-state index contributed by atoms with van der Waals surface area (Å²) < 4.78 is 6.19. The molecule has 0 bridgehead atoms. The van der Waals surface area contributed by atoms with Crippen molar-refractivity contribution in [3.63, 3.8) is 0 Å². The first-order valence-electron chi connectivity index (χ1n) is 21.8. The molecule has 0 aliphatic heterocycles. The molecule has 0 heterocycles. The average Bonchev–Trinajstić information content (AvgIpc) is 3.36. The largest absolute Gasteiger partial charge is 0.481 e. The molecule has 6 rings (SSSR count). The van der Waals surface area contributed by atoms with Crippen LogP contribution in [0.4, 0.5) is 0 Å². The lowest BCUT2D eigenvalue weighted by Crippen LogP contribution is -2.66. The van der Waals surface area contributed by atoms with Gasteiger partial charge in [-0.25, -0.2) is 0 Å². The molecule has 0 aromatic carbocycles. The lowest BCUT2D eigenvalue weighted by atomic mass is 9.33. The summed E-state index contributed by atoms with van der Waals surface area (Å²) in [7, 11) is 4.25. The van der Waals surface area contributed by atoms with Gasteiger partial charge in [0.2, 0.25) is 0 Å². The van der Waals surface area contributed by atoms with Gasteiger partial charge in [0.05, 0.1) is 17.9 Å². The van der Waals surface area contributed by atoms with Crippen LogP contribution in [-0.4, -0.2) is 90.2 Å². The molecule has 0 aromatic rings. The molecule has 306 valence electrons. The van der Waals surface area contributed by atoms with E-state index in [0.717, 1.165) is 82.5 Å². The molecule has 0 saturated heterocycles. The summed E-state index contributed by atoms with van der Waals surface area (Å²) in [5.41, 5.74) is 0.703. The zero-order valence-electron chi connectivity index (χ0n) is 36.0. The number of aliphatic hydroxyl groups excluding tert-OH is 1. The number of aliphatic carboxylic acids is 1. The molecule has 54 heavy (non-hydrogen) atoms. The Morgan fingerprint density at radius 1 is 0.889 bits per heavy atom. The number of carboxylic acid groups (broad SMARTS) is 1. The van der Waals surface area contributed by atoms with E-state index < -0.39 is 28.9 Å². The number of ether oxygens (including phenoxy) is 1. The maximum atomic E-state index is 14.2. The fraction of sp³-hybridized carbons (Fsp3) is 0.891. The van der Waals surface area contributed by atoms with Gasteiger partial charge in [-0.05, 0) is 144 Å². The van der Waals surface area contributed by atoms with Crippen molar-refractivity contribution in [2.24, 2.45) is 62.1 Å². The molecule has 0 amide bonds. The number of Topliss-reactive ketones (excluding diaryl/α,β-unsaturated/α-hetero) is 1. The van der Waals surface area contributed by atoms with Crippen molar-refractivity contribution in [1.82, 2.24) is 9.80 Å². The number of fused-ring (bicyclic) bond motifs is 7. The molecule has 5 fully saturated rings. The molecular weight excluding hydrogens is 677 g/mol. The number of rotatable bonds is 13. The number of carbonyl (C=O) groups is 3. The number of ketones is 1. The summed E-state index contributed by atoms with van der Waals surface area (Å²) in [4.78, 5) is 43.9. The van der Waals surface area contributed by atoms with E-state index in [2.05, 4.69) is 72.4 Å². The highest BCUT2D eigenvalue weighted by atomic mass is 16.5. The van der Waals surface area contributed by atoms with Gasteiger partial charge in [0.25, 0.3) is 0 Å². The Morgan fingerprint density at radius 3 is 2.17 bits per heavy atom. The Morgan fingerprint density at radius 2 is 1.57 bits per heavy atom. The summed E-state index contributed by atoms with van der Waals surface area (Å²) in [5, 5.41) is 22.2. The van der Waals surface area contributed by atoms with E-state index in [1.54, 1.807) is 13.8 Å². The quantitative estimate of drug-likeness (QED) is 0.181. The molecule has 5 saturated carbocycles. The van der Waals surface area contributed by atoms with Gasteiger partial charge < -0.3 is 19.8 Å².